The summed E-state index contributed by atoms with van der Waals surface area (Å²) in [6, 6.07) is 53.9. The molecule has 4 nitrogen and oxygen atoms in total. The Kier molecular flexibility index (Phi) is 5.25. The van der Waals surface area contributed by atoms with E-state index < -0.39 is 0 Å². The Labute approximate surface area is 264 Å². The Morgan fingerprint density at radius 2 is 1.13 bits per heavy atom. The lowest BCUT2D eigenvalue weighted by molar-refractivity contribution is 1.01. The highest BCUT2D eigenvalue weighted by Gasteiger charge is 2.23. The normalized spacial score (nSPS) is 11.9. The maximum absolute atomic E-state index is 5.26. The van der Waals surface area contributed by atoms with Gasteiger partial charge in [0.1, 0.15) is 0 Å². The Hall–Kier alpha value is -6.26. The van der Waals surface area contributed by atoms with E-state index in [-0.39, 0.29) is 0 Å². The number of para-hydroxylation sites is 2. The van der Waals surface area contributed by atoms with Gasteiger partial charge in [-0.05, 0) is 58.3 Å². The summed E-state index contributed by atoms with van der Waals surface area (Å²) in [4.78, 5) is 10.3. The summed E-state index contributed by atoms with van der Waals surface area (Å²) in [6.07, 6.45) is 1.95. The van der Waals surface area contributed by atoms with Crippen LogP contribution < -0.4 is 0 Å². The molecular weight excluding hydrogens is 560 g/mol. The molecule has 3 heterocycles. The Morgan fingerprint density at radius 1 is 0.435 bits per heavy atom. The van der Waals surface area contributed by atoms with Gasteiger partial charge in [-0.3, -0.25) is 4.57 Å². The van der Waals surface area contributed by atoms with Gasteiger partial charge in [0.05, 0.1) is 27.6 Å². The lowest BCUT2D eigenvalue weighted by atomic mass is 10.0. The number of aromatic nitrogens is 4. The molecule has 0 atom stereocenters. The first-order valence-corrected chi connectivity index (χ1v) is 15.6. The minimum Gasteiger partial charge on any atom is -0.309 e. The average molecular weight is 587 g/mol. The first-order chi connectivity index (χ1) is 22.8. The number of rotatable bonds is 3. The summed E-state index contributed by atoms with van der Waals surface area (Å²) >= 11 is 0. The van der Waals surface area contributed by atoms with Crippen LogP contribution in [0.2, 0.25) is 0 Å². The Balaban J connectivity index is 1.38. The van der Waals surface area contributed by atoms with Gasteiger partial charge in [0.25, 0.3) is 0 Å². The van der Waals surface area contributed by atoms with E-state index in [1.54, 1.807) is 0 Å². The van der Waals surface area contributed by atoms with E-state index >= 15 is 0 Å². The van der Waals surface area contributed by atoms with Crippen molar-refractivity contribution >= 4 is 65.3 Å². The molecule has 0 spiro atoms. The van der Waals surface area contributed by atoms with E-state index in [0.29, 0.717) is 5.95 Å². The van der Waals surface area contributed by atoms with Crippen molar-refractivity contribution in [2.24, 2.45) is 0 Å². The maximum atomic E-state index is 5.26. The lowest BCUT2D eigenvalue weighted by Crippen LogP contribution is -2.01. The Bertz CT molecular complexity index is 2790. The van der Waals surface area contributed by atoms with Crippen molar-refractivity contribution in [3.63, 3.8) is 0 Å². The number of nitrogens with zero attached hydrogens (tertiary/aromatic N) is 4. The first-order valence-electron chi connectivity index (χ1n) is 15.6. The molecule has 7 aromatic carbocycles. The second-order valence-electron chi connectivity index (χ2n) is 11.9. The van der Waals surface area contributed by atoms with E-state index in [9.17, 15) is 0 Å². The quantitative estimate of drug-likeness (QED) is 0.206. The van der Waals surface area contributed by atoms with E-state index in [1.807, 2.05) is 12.3 Å². The molecule has 0 amide bonds. The zero-order chi connectivity index (χ0) is 30.2. The first kappa shape index (κ1) is 25.1. The molecule has 0 bridgehead atoms. The van der Waals surface area contributed by atoms with Crippen molar-refractivity contribution in [2.75, 3.05) is 0 Å². The van der Waals surface area contributed by atoms with E-state index in [0.717, 1.165) is 38.7 Å². The van der Waals surface area contributed by atoms with Crippen molar-refractivity contribution in [3.05, 3.63) is 158 Å². The van der Waals surface area contributed by atoms with E-state index in [2.05, 4.69) is 155 Å². The van der Waals surface area contributed by atoms with E-state index in [4.69, 9.17) is 9.97 Å². The second kappa shape index (κ2) is 9.62. The van der Waals surface area contributed by atoms with Crippen molar-refractivity contribution in [3.8, 4) is 22.8 Å². The van der Waals surface area contributed by atoms with Crippen LogP contribution in [0, 0.1) is 0 Å². The minimum absolute atomic E-state index is 0.664. The van der Waals surface area contributed by atoms with Gasteiger partial charge in [-0.1, -0.05) is 115 Å². The zero-order valence-corrected chi connectivity index (χ0v) is 24.8. The van der Waals surface area contributed by atoms with Crippen LogP contribution in [0.3, 0.4) is 0 Å². The molecule has 10 rings (SSSR count). The van der Waals surface area contributed by atoms with Crippen molar-refractivity contribution in [2.45, 2.75) is 0 Å². The van der Waals surface area contributed by atoms with Crippen molar-refractivity contribution in [1.82, 2.24) is 19.1 Å². The second-order valence-corrected chi connectivity index (χ2v) is 11.9. The smallest absolute Gasteiger partial charge is 0.235 e. The number of fused-ring (bicyclic) bond motifs is 10. The predicted molar refractivity (Wildman–Crippen MR) is 191 cm³/mol. The van der Waals surface area contributed by atoms with Gasteiger partial charge < -0.3 is 4.57 Å². The highest BCUT2D eigenvalue weighted by Crippen LogP contribution is 2.43. The fourth-order valence-electron chi connectivity index (χ4n) is 7.31. The molecule has 0 unspecified atom stereocenters. The van der Waals surface area contributed by atoms with Crippen LogP contribution in [0.1, 0.15) is 0 Å². The molecule has 10 aromatic rings. The Morgan fingerprint density at radius 3 is 2.00 bits per heavy atom. The minimum atomic E-state index is 0.664. The average Bonchev–Trinajstić information content (AvgIpc) is 3.65. The SMILES string of the molecule is c1ccc(-c2ccc3cnc(-n4c5ccccc5c5ccc6c(c7c8ccccc8ccc7n6-c6ccccc6)c54)nc3c2)cc1. The summed E-state index contributed by atoms with van der Waals surface area (Å²) < 4.78 is 4.67. The summed E-state index contributed by atoms with van der Waals surface area (Å²) in [5, 5.41) is 8.27. The highest BCUT2D eigenvalue weighted by molar-refractivity contribution is 6.31. The largest absolute Gasteiger partial charge is 0.309 e. The summed E-state index contributed by atoms with van der Waals surface area (Å²) in [5.74, 6) is 0.664. The number of hydrogen-bond donors (Lipinski definition) is 0. The zero-order valence-electron chi connectivity index (χ0n) is 24.8. The van der Waals surface area contributed by atoms with Gasteiger partial charge in [0.15, 0.2) is 0 Å². The van der Waals surface area contributed by atoms with Gasteiger partial charge in [-0.2, -0.15) is 0 Å². The molecule has 0 radical (unpaired) electrons. The number of hydrogen-bond acceptors (Lipinski definition) is 2. The van der Waals surface area contributed by atoms with Crippen molar-refractivity contribution < 1.29 is 0 Å². The molecule has 0 N–H and O–H groups in total. The summed E-state index contributed by atoms with van der Waals surface area (Å²) in [7, 11) is 0. The van der Waals surface area contributed by atoms with Crippen LogP contribution in [0.4, 0.5) is 0 Å². The van der Waals surface area contributed by atoms with Gasteiger partial charge in [-0.15, -0.1) is 0 Å². The monoisotopic (exact) mass is 586 g/mol. The number of benzene rings is 7. The predicted octanol–water partition coefficient (Wildman–Crippen LogP) is 10.6. The topological polar surface area (TPSA) is 35.6 Å². The van der Waals surface area contributed by atoms with Gasteiger partial charge in [-0.25, -0.2) is 9.97 Å². The van der Waals surface area contributed by atoms with Crippen molar-refractivity contribution in [1.29, 1.82) is 0 Å². The van der Waals surface area contributed by atoms with Crippen LogP contribution in [0.5, 0.6) is 0 Å². The molecular formula is C42H26N4. The molecule has 0 fully saturated rings. The molecule has 4 heteroatoms. The third kappa shape index (κ3) is 3.55. The molecule has 0 aliphatic rings. The standard InChI is InChI=1S/C42H26N4/c1-3-11-27(12-4-1)29-19-20-30-26-43-42(44-35(30)25-29)46-36-18-10-9-17-33(36)34-22-24-38-40(41(34)46)39-32-16-8-7-13-28(32)21-23-37(39)45(38)31-14-5-2-6-15-31/h1-26H. The van der Waals surface area contributed by atoms with Crippen LogP contribution >= 0.6 is 0 Å². The highest BCUT2D eigenvalue weighted by atomic mass is 15.2. The van der Waals surface area contributed by atoms with Crippen LogP contribution in [-0.4, -0.2) is 19.1 Å². The van der Waals surface area contributed by atoms with E-state index in [1.165, 1.54) is 43.4 Å². The van der Waals surface area contributed by atoms with Gasteiger partial charge in [0.2, 0.25) is 5.95 Å². The van der Waals surface area contributed by atoms with Crippen LogP contribution in [0.25, 0.3) is 88.0 Å². The molecule has 0 aliphatic carbocycles. The summed E-state index contributed by atoms with van der Waals surface area (Å²) in [6.45, 7) is 0. The van der Waals surface area contributed by atoms with Gasteiger partial charge >= 0.3 is 0 Å². The fourth-order valence-corrected chi connectivity index (χ4v) is 7.31. The lowest BCUT2D eigenvalue weighted by Gasteiger charge is -2.10. The third-order valence-electron chi connectivity index (χ3n) is 9.35. The molecule has 0 saturated carbocycles. The summed E-state index contributed by atoms with van der Waals surface area (Å²) in [5.41, 5.74) is 8.90. The maximum Gasteiger partial charge on any atom is 0.235 e. The molecule has 46 heavy (non-hydrogen) atoms. The van der Waals surface area contributed by atoms with Gasteiger partial charge in [0, 0.05) is 38.8 Å². The molecule has 0 aliphatic heterocycles. The molecule has 0 saturated heterocycles. The van der Waals surface area contributed by atoms with Crippen LogP contribution in [0.15, 0.2) is 158 Å². The molecule has 214 valence electrons. The molecule has 3 aromatic heterocycles. The van der Waals surface area contributed by atoms with Crippen LogP contribution in [-0.2, 0) is 0 Å². The third-order valence-corrected chi connectivity index (χ3v) is 9.35. The fraction of sp³-hybridized carbons (Fsp3) is 0.